The minimum absolute atomic E-state index is 1.12. The first-order valence-electron chi connectivity index (χ1n) is 6.64. The number of hydrogen-bond acceptors (Lipinski definition) is 2. The van der Waals surface area contributed by atoms with Gasteiger partial charge in [-0.2, -0.15) is 0 Å². The van der Waals surface area contributed by atoms with E-state index in [0.717, 1.165) is 4.47 Å². The van der Waals surface area contributed by atoms with Crippen molar-refractivity contribution in [2.75, 3.05) is 0 Å². The summed E-state index contributed by atoms with van der Waals surface area (Å²) in [7, 11) is 0. The number of thiophene rings is 1. The van der Waals surface area contributed by atoms with Crippen molar-refractivity contribution in [1.29, 1.82) is 0 Å². The second-order valence-electron chi connectivity index (χ2n) is 4.81. The van der Waals surface area contributed by atoms with Crippen molar-refractivity contribution in [3.63, 3.8) is 0 Å². The van der Waals surface area contributed by atoms with Crippen molar-refractivity contribution < 1.29 is 0 Å². The minimum atomic E-state index is 1.12. The van der Waals surface area contributed by atoms with Crippen LogP contribution >= 0.6 is 39.0 Å². The number of hydrogen-bond donors (Lipinski definition) is 0. The molecule has 0 aliphatic rings. The van der Waals surface area contributed by atoms with Crippen LogP contribution in [-0.2, 0) is 0 Å². The van der Waals surface area contributed by atoms with Crippen LogP contribution < -0.4 is 0 Å². The Morgan fingerprint density at radius 3 is 2.29 bits per heavy atom. The van der Waals surface area contributed by atoms with Gasteiger partial charge < -0.3 is 0 Å². The predicted octanol–water partition coefficient (Wildman–Crippen LogP) is 6.97. The summed E-state index contributed by atoms with van der Waals surface area (Å²) in [5, 5.41) is 2.72. The van der Waals surface area contributed by atoms with Crippen LogP contribution in [0.5, 0.6) is 0 Å². The van der Waals surface area contributed by atoms with Crippen LogP contribution in [-0.4, -0.2) is 0 Å². The van der Waals surface area contributed by atoms with Gasteiger partial charge in [0.25, 0.3) is 0 Å². The van der Waals surface area contributed by atoms with E-state index in [1.165, 1.54) is 30.0 Å². The van der Waals surface area contributed by atoms with E-state index in [0.29, 0.717) is 0 Å². The van der Waals surface area contributed by atoms with Crippen LogP contribution in [0.4, 0.5) is 0 Å². The zero-order valence-corrected chi connectivity index (χ0v) is 14.3. The Balaban J connectivity index is 1.79. The lowest BCUT2D eigenvalue weighted by Gasteiger charge is -2.02. The molecule has 0 radical (unpaired) electrons. The summed E-state index contributed by atoms with van der Waals surface area (Å²) in [6.07, 6.45) is 0. The van der Waals surface area contributed by atoms with Gasteiger partial charge in [0, 0.05) is 34.4 Å². The molecule has 0 saturated carbocycles. The molecular formula is C18H11BrS2. The molecule has 4 aromatic rings. The Kier molecular flexibility index (Phi) is 3.49. The summed E-state index contributed by atoms with van der Waals surface area (Å²) in [5.74, 6) is 0. The number of rotatable bonds is 2. The Morgan fingerprint density at radius 2 is 1.43 bits per heavy atom. The lowest BCUT2D eigenvalue weighted by molar-refractivity contribution is 1.41. The van der Waals surface area contributed by atoms with Crippen molar-refractivity contribution >= 4 is 59.2 Å². The second-order valence-corrected chi connectivity index (χ2v) is 7.96. The van der Waals surface area contributed by atoms with Crippen molar-refractivity contribution in [2.45, 2.75) is 9.79 Å². The number of halogens is 1. The maximum absolute atomic E-state index is 3.48. The Bertz CT molecular complexity index is 923. The Labute approximate surface area is 139 Å². The lowest BCUT2D eigenvalue weighted by Crippen LogP contribution is -1.74. The number of fused-ring (bicyclic) bond motifs is 3. The van der Waals surface area contributed by atoms with Crippen LogP contribution in [0.3, 0.4) is 0 Å². The molecule has 0 atom stereocenters. The lowest BCUT2D eigenvalue weighted by atomic mass is 10.1. The average molecular weight is 371 g/mol. The smallest absolute Gasteiger partial charge is 0.0356 e. The van der Waals surface area contributed by atoms with Crippen LogP contribution in [0, 0.1) is 0 Å². The fraction of sp³-hybridized carbons (Fsp3) is 0. The molecular weight excluding hydrogens is 360 g/mol. The summed E-state index contributed by atoms with van der Waals surface area (Å²) in [6.45, 7) is 0. The first kappa shape index (κ1) is 13.4. The molecule has 0 saturated heterocycles. The molecule has 4 rings (SSSR count). The highest BCUT2D eigenvalue weighted by Gasteiger charge is 2.06. The van der Waals surface area contributed by atoms with Crippen LogP contribution in [0.2, 0.25) is 0 Å². The molecule has 3 heteroatoms. The van der Waals surface area contributed by atoms with Gasteiger partial charge in [-0.25, -0.2) is 0 Å². The van der Waals surface area contributed by atoms with Gasteiger partial charge in [-0.1, -0.05) is 45.9 Å². The molecule has 102 valence electrons. The topological polar surface area (TPSA) is 0 Å². The van der Waals surface area contributed by atoms with Crippen LogP contribution in [0.1, 0.15) is 0 Å². The third kappa shape index (κ3) is 2.61. The third-order valence-electron chi connectivity index (χ3n) is 3.40. The molecule has 0 nitrogen and oxygen atoms in total. The van der Waals surface area contributed by atoms with Crippen molar-refractivity contribution in [1.82, 2.24) is 0 Å². The fourth-order valence-corrected chi connectivity index (χ4v) is 4.62. The van der Waals surface area contributed by atoms with Crippen LogP contribution in [0.15, 0.2) is 81.0 Å². The van der Waals surface area contributed by atoms with Gasteiger partial charge in [0.05, 0.1) is 0 Å². The van der Waals surface area contributed by atoms with Gasteiger partial charge in [0.1, 0.15) is 0 Å². The molecule has 0 unspecified atom stereocenters. The van der Waals surface area contributed by atoms with E-state index in [-0.39, 0.29) is 0 Å². The highest BCUT2D eigenvalue weighted by Crippen LogP contribution is 2.37. The van der Waals surface area contributed by atoms with Crippen LogP contribution in [0.25, 0.3) is 20.2 Å². The summed E-state index contributed by atoms with van der Waals surface area (Å²) in [6, 6.07) is 23.8. The van der Waals surface area contributed by atoms with Gasteiger partial charge in [0.15, 0.2) is 0 Å². The van der Waals surface area contributed by atoms with Crippen molar-refractivity contribution in [3.05, 3.63) is 71.2 Å². The third-order valence-corrected chi connectivity index (χ3v) is 6.08. The van der Waals surface area contributed by atoms with E-state index < -0.39 is 0 Å². The summed E-state index contributed by atoms with van der Waals surface area (Å²) >= 11 is 7.15. The molecule has 0 aliphatic carbocycles. The molecule has 0 N–H and O–H groups in total. The monoisotopic (exact) mass is 370 g/mol. The van der Waals surface area contributed by atoms with E-state index in [9.17, 15) is 0 Å². The maximum atomic E-state index is 3.48. The molecule has 21 heavy (non-hydrogen) atoms. The normalized spacial score (nSPS) is 11.3. The van der Waals surface area contributed by atoms with Gasteiger partial charge in [-0.3, -0.25) is 0 Å². The van der Waals surface area contributed by atoms with E-state index in [1.807, 2.05) is 11.3 Å². The molecule has 1 aromatic heterocycles. The number of benzene rings is 3. The zero-order chi connectivity index (χ0) is 14.2. The first-order chi connectivity index (χ1) is 10.3. The van der Waals surface area contributed by atoms with Crippen molar-refractivity contribution in [3.8, 4) is 0 Å². The van der Waals surface area contributed by atoms with E-state index in [1.54, 1.807) is 11.8 Å². The van der Waals surface area contributed by atoms with E-state index >= 15 is 0 Å². The summed E-state index contributed by atoms with van der Waals surface area (Å²) in [4.78, 5) is 2.55. The molecule has 0 bridgehead atoms. The van der Waals surface area contributed by atoms with Crippen molar-refractivity contribution in [2.24, 2.45) is 0 Å². The molecule has 3 aromatic carbocycles. The van der Waals surface area contributed by atoms with E-state index in [2.05, 4.69) is 82.7 Å². The summed E-state index contributed by atoms with van der Waals surface area (Å²) < 4.78 is 3.83. The molecule has 0 aliphatic heterocycles. The van der Waals surface area contributed by atoms with E-state index in [4.69, 9.17) is 0 Å². The molecule has 0 fully saturated rings. The second kappa shape index (κ2) is 5.48. The molecule has 0 spiro atoms. The highest BCUT2D eigenvalue weighted by molar-refractivity contribution is 9.10. The molecule has 0 amide bonds. The minimum Gasteiger partial charge on any atom is -0.135 e. The van der Waals surface area contributed by atoms with Gasteiger partial charge in [0.2, 0.25) is 0 Å². The summed E-state index contributed by atoms with van der Waals surface area (Å²) in [5.41, 5.74) is 0. The average Bonchev–Trinajstić information content (AvgIpc) is 2.88. The fourth-order valence-electron chi connectivity index (χ4n) is 2.41. The van der Waals surface area contributed by atoms with Gasteiger partial charge >= 0.3 is 0 Å². The largest absolute Gasteiger partial charge is 0.135 e. The van der Waals surface area contributed by atoms with Gasteiger partial charge in [-0.15, -0.1) is 11.3 Å². The maximum Gasteiger partial charge on any atom is 0.0356 e. The first-order valence-corrected chi connectivity index (χ1v) is 9.07. The quantitative estimate of drug-likeness (QED) is 0.367. The standard InChI is InChI=1S/C18H11BrS2/c19-12-5-7-13(8-6-12)20-14-9-10-18-16(11-14)15-3-1-2-4-17(15)21-18/h1-11H. The Morgan fingerprint density at radius 1 is 0.714 bits per heavy atom. The van der Waals surface area contributed by atoms with Gasteiger partial charge in [-0.05, 0) is 48.5 Å². The highest BCUT2D eigenvalue weighted by atomic mass is 79.9. The molecule has 1 heterocycles. The zero-order valence-electron chi connectivity index (χ0n) is 11.0. The SMILES string of the molecule is Brc1ccc(Sc2ccc3sc4ccccc4c3c2)cc1. The predicted molar refractivity (Wildman–Crippen MR) is 97.6 cm³/mol. The Hall–Kier alpha value is -1.29.